The zero-order valence-corrected chi connectivity index (χ0v) is 8.40. The van der Waals surface area contributed by atoms with Crippen LogP contribution in [0, 0.1) is 5.92 Å². The molecule has 6 heteroatoms. The van der Waals surface area contributed by atoms with E-state index in [9.17, 15) is 27.2 Å². The summed E-state index contributed by atoms with van der Waals surface area (Å²) in [6.07, 6.45) is -5.25. The first-order chi connectivity index (χ1) is 6.67. The lowest BCUT2D eigenvalue weighted by molar-refractivity contribution is -0.167. The lowest BCUT2D eigenvalue weighted by Gasteiger charge is -2.13. The average molecular weight is 228 g/mol. The Kier molecular flexibility index (Phi) is 4.90. The van der Waals surface area contributed by atoms with Crippen molar-refractivity contribution in [3.8, 4) is 0 Å². The van der Waals surface area contributed by atoms with E-state index in [4.69, 9.17) is 0 Å². The van der Waals surface area contributed by atoms with Gasteiger partial charge in [0, 0.05) is 6.42 Å². The van der Waals surface area contributed by atoms with Crippen molar-refractivity contribution in [2.24, 2.45) is 5.92 Å². The van der Waals surface area contributed by atoms with E-state index in [1.165, 1.54) is 0 Å². The van der Waals surface area contributed by atoms with Crippen molar-refractivity contribution in [3.63, 3.8) is 0 Å². The van der Waals surface area contributed by atoms with Crippen LogP contribution in [0.3, 0.4) is 0 Å². The fourth-order valence-corrected chi connectivity index (χ4v) is 0.946. The third-order valence-electron chi connectivity index (χ3n) is 1.64. The average Bonchev–Trinajstić information content (AvgIpc) is 2.01. The zero-order chi connectivity index (χ0) is 12.2. The van der Waals surface area contributed by atoms with E-state index in [-0.39, 0.29) is 12.3 Å². The molecule has 0 N–H and O–H groups in total. The number of halogens is 4. The van der Waals surface area contributed by atoms with Gasteiger partial charge in [-0.15, -0.1) is 0 Å². The Bertz CT molecular complexity index is 248. The number of Topliss-reactive ketones (excluding diaryl/α,β-unsaturated/α-hetero) is 2. The molecule has 0 amide bonds. The van der Waals surface area contributed by atoms with Crippen LogP contribution in [0.4, 0.5) is 17.6 Å². The second-order valence-electron chi connectivity index (χ2n) is 3.66. The summed E-state index contributed by atoms with van der Waals surface area (Å²) >= 11 is 0. The molecule has 0 aromatic rings. The summed E-state index contributed by atoms with van der Waals surface area (Å²) in [5, 5.41) is 0. The maximum absolute atomic E-state index is 12.4. The fourth-order valence-electron chi connectivity index (χ4n) is 0.946. The molecular formula is C9H12F4O2. The quantitative estimate of drug-likeness (QED) is 0.517. The minimum Gasteiger partial charge on any atom is -0.299 e. The number of hydrogen-bond acceptors (Lipinski definition) is 2. The highest BCUT2D eigenvalue weighted by atomic mass is 19.3. The third kappa shape index (κ3) is 4.40. The van der Waals surface area contributed by atoms with Gasteiger partial charge in [-0.25, -0.2) is 8.78 Å². The fraction of sp³-hybridized carbons (Fsp3) is 0.778. The highest BCUT2D eigenvalue weighted by molar-refractivity contribution is 6.02. The van der Waals surface area contributed by atoms with Crippen molar-refractivity contribution >= 4 is 11.6 Å². The monoisotopic (exact) mass is 228 g/mol. The molecule has 0 fully saturated rings. The standard InChI is InChI=1S/C9H12F4O2/c1-5(2)3-6(14)4-7(15)9(12,13)8(10)11/h5,8H,3-4H2,1-2H3. The lowest BCUT2D eigenvalue weighted by Crippen LogP contribution is -2.37. The van der Waals surface area contributed by atoms with Crippen molar-refractivity contribution in [1.82, 2.24) is 0 Å². The molecule has 0 saturated heterocycles. The van der Waals surface area contributed by atoms with Crippen LogP contribution in [0.25, 0.3) is 0 Å². The molecule has 88 valence electrons. The number of ketones is 2. The number of carbonyl (C=O) groups excluding carboxylic acids is 2. The van der Waals surface area contributed by atoms with Crippen molar-refractivity contribution in [3.05, 3.63) is 0 Å². The Labute approximate surface area is 84.6 Å². The van der Waals surface area contributed by atoms with Crippen molar-refractivity contribution in [1.29, 1.82) is 0 Å². The van der Waals surface area contributed by atoms with Gasteiger partial charge in [0.15, 0.2) is 0 Å². The molecule has 0 heterocycles. The summed E-state index contributed by atoms with van der Waals surface area (Å²) in [5.74, 6) is -7.56. The van der Waals surface area contributed by atoms with E-state index >= 15 is 0 Å². The first-order valence-electron chi connectivity index (χ1n) is 4.38. The van der Waals surface area contributed by atoms with Gasteiger partial charge >= 0.3 is 12.3 Å². The predicted octanol–water partition coefficient (Wildman–Crippen LogP) is 2.46. The summed E-state index contributed by atoms with van der Waals surface area (Å²) in [6, 6.07) is 0. The smallest absolute Gasteiger partial charge is 0.299 e. The molecule has 0 spiro atoms. The molecule has 0 aromatic carbocycles. The van der Waals surface area contributed by atoms with Crippen LogP contribution >= 0.6 is 0 Å². The molecule has 0 unspecified atom stereocenters. The predicted molar refractivity (Wildman–Crippen MR) is 45.0 cm³/mol. The van der Waals surface area contributed by atoms with Gasteiger partial charge in [0.05, 0.1) is 6.42 Å². The second-order valence-corrected chi connectivity index (χ2v) is 3.66. The van der Waals surface area contributed by atoms with Gasteiger partial charge in [-0.05, 0) is 5.92 Å². The minimum absolute atomic E-state index is 0.0644. The van der Waals surface area contributed by atoms with E-state index in [0.717, 1.165) is 0 Å². The first kappa shape index (κ1) is 14.1. The van der Waals surface area contributed by atoms with Crippen LogP contribution in [0.1, 0.15) is 26.7 Å². The summed E-state index contributed by atoms with van der Waals surface area (Å²) in [4.78, 5) is 21.6. The maximum Gasteiger partial charge on any atom is 0.364 e. The normalized spacial score (nSPS) is 12.3. The molecule has 0 bridgehead atoms. The molecule has 0 aliphatic rings. The molecular weight excluding hydrogens is 216 g/mol. The SMILES string of the molecule is CC(C)CC(=O)CC(=O)C(F)(F)C(F)F. The number of alkyl halides is 4. The van der Waals surface area contributed by atoms with Crippen molar-refractivity contribution in [2.45, 2.75) is 39.0 Å². The highest BCUT2D eigenvalue weighted by Gasteiger charge is 2.48. The summed E-state index contributed by atoms with van der Waals surface area (Å²) < 4.78 is 48.2. The summed E-state index contributed by atoms with van der Waals surface area (Å²) in [6.45, 7) is 3.32. The van der Waals surface area contributed by atoms with Crippen molar-refractivity contribution in [2.75, 3.05) is 0 Å². The molecule has 0 aliphatic carbocycles. The number of carbonyl (C=O) groups is 2. The summed E-state index contributed by atoms with van der Waals surface area (Å²) in [7, 11) is 0. The Morgan fingerprint density at radius 3 is 2.00 bits per heavy atom. The Morgan fingerprint density at radius 1 is 1.20 bits per heavy atom. The van der Waals surface area contributed by atoms with Crippen LogP contribution < -0.4 is 0 Å². The van der Waals surface area contributed by atoms with E-state index in [1.807, 2.05) is 0 Å². The largest absolute Gasteiger partial charge is 0.364 e. The van der Waals surface area contributed by atoms with Gasteiger partial charge in [0.1, 0.15) is 5.78 Å². The second kappa shape index (κ2) is 5.23. The number of rotatable bonds is 6. The van der Waals surface area contributed by atoms with Gasteiger partial charge in [-0.3, -0.25) is 9.59 Å². The van der Waals surface area contributed by atoms with Crippen LogP contribution in [0.15, 0.2) is 0 Å². The van der Waals surface area contributed by atoms with E-state index in [2.05, 4.69) is 0 Å². The van der Waals surface area contributed by atoms with Gasteiger partial charge in [-0.2, -0.15) is 8.78 Å². The minimum atomic E-state index is -4.72. The summed E-state index contributed by atoms with van der Waals surface area (Å²) in [5.41, 5.74) is 0. The Hall–Kier alpha value is -0.940. The molecule has 2 nitrogen and oxygen atoms in total. The third-order valence-corrected chi connectivity index (χ3v) is 1.64. The van der Waals surface area contributed by atoms with Crippen LogP contribution in [-0.4, -0.2) is 23.9 Å². The zero-order valence-electron chi connectivity index (χ0n) is 8.40. The van der Waals surface area contributed by atoms with Gasteiger partial charge in [-0.1, -0.05) is 13.8 Å². The highest BCUT2D eigenvalue weighted by Crippen LogP contribution is 2.25. The van der Waals surface area contributed by atoms with Crippen LogP contribution in [0.5, 0.6) is 0 Å². The Morgan fingerprint density at radius 2 is 1.67 bits per heavy atom. The topological polar surface area (TPSA) is 34.1 Å². The maximum atomic E-state index is 12.4. The van der Waals surface area contributed by atoms with Crippen LogP contribution in [0.2, 0.25) is 0 Å². The number of hydrogen-bond donors (Lipinski definition) is 0. The lowest BCUT2D eigenvalue weighted by atomic mass is 10.0. The molecule has 0 aliphatic heterocycles. The van der Waals surface area contributed by atoms with Gasteiger partial charge in [0.25, 0.3) is 0 Å². The molecule has 0 atom stereocenters. The van der Waals surface area contributed by atoms with E-state index < -0.39 is 30.3 Å². The molecule has 0 saturated carbocycles. The van der Waals surface area contributed by atoms with Gasteiger partial charge in [0.2, 0.25) is 5.78 Å². The van der Waals surface area contributed by atoms with E-state index in [0.29, 0.717) is 0 Å². The molecule has 0 radical (unpaired) electrons. The molecule has 0 rings (SSSR count). The van der Waals surface area contributed by atoms with Crippen LogP contribution in [-0.2, 0) is 9.59 Å². The Balaban J connectivity index is 4.31. The molecule has 0 aromatic heterocycles. The first-order valence-corrected chi connectivity index (χ1v) is 4.38. The van der Waals surface area contributed by atoms with Crippen molar-refractivity contribution < 1.29 is 27.2 Å². The van der Waals surface area contributed by atoms with Gasteiger partial charge < -0.3 is 0 Å². The molecule has 15 heavy (non-hydrogen) atoms. The van der Waals surface area contributed by atoms with E-state index in [1.54, 1.807) is 13.8 Å².